The van der Waals surface area contributed by atoms with Crippen molar-refractivity contribution >= 4 is 11.6 Å². The molecule has 3 nitrogen and oxygen atoms in total. The van der Waals surface area contributed by atoms with Crippen molar-refractivity contribution in [3.05, 3.63) is 64.7 Å². The van der Waals surface area contributed by atoms with E-state index < -0.39 is 0 Å². The normalized spacial score (nSPS) is 11.0. The Kier molecular flexibility index (Phi) is 8.81. The van der Waals surface area contributed by atoms with Gasteiger partial charge in [-0.15, -0.1) is 0 Å². The molecule has 136 valence electrons. The lowest BCUT2D eigenvalue weighted by Crippen LogP contribution is -2.27. The fraction of sp³-hybridized carbons (Fsp3) is 0.429. The molecule has 0 radical (unpaired) electrons. The van der Waals surface area contributed by atoms with Crippen molar-refractivity contribution in [3.63, 3.8) is 0 Å². The van der Waals surface area contributed by atoms with Gasteiger partial charge >= 0.3 is 0 Å². The highest BCUT2D eigenvalue weighted by Crippen LogP contribution is 2.26. The van der Waals surface area contributed by atoms with Crippen LogP contribution in [0.1, 0.15) is 31.4 Å². The molecule has 0 saturated heterocycles. The monoisotopic (exact) mass is 360 g/mol. The van der Waals surface area contributed by atoms with Crippen molar-refractivity contribution in [1.82, 2.24) is 10.2 Å². The smallest absolute Gasteiger partial charge is 0.138 e. The van der Waals surface area contributed by atoms with Crippen molar-refractivity contribution in [3.8, 4) is 5.75 Å². The minimum absolute atomic E-state index is 0.531. The number of hydrogen-bond donors (Lipinski definition) is 1. The van der Waals surface area contributed by atoms with Crippen LogP contribution in [0, 0.1) is 0 Å². The molecule has 0 unspecified atom stereocenters. The van der Waals surface area contributed by atoms with Gasteiger partial charge in [-0.1, -0.05) is 61.8 Å². The Morgan fingerprint density at radius 1 is 1.00 bits per heavy atom. The third-order valence-corrected chi connectivity index (χ3v) is 4.58. The maximum absolute atomic E-state index is 6.36. The molecule has 0 bridgehead atoms. The van der Waals surface area contributed by atoms with Crippen molar-refractivity contribution in [2.75, 3.05) is 26.2 Å². The number of halogens is 1. The van der Waals surface area contributed by atoms with E-state index in [2.05, 4.69) is 30.1 Å². The second kappa shape index (κ2) is 11.1. The minimum atomic E-state index is 0.531. The van der Waals surface area contributed by atoms with Gasteiger partial charge in [0.2, 0.25) is 0 Å². The Labute approximate surface area is 156 Å². The summed E-state index contributed by atoms with van der Waals surface area (Å²) in [5.41, 5.74) is 2.32. The molecule has 0 aliphatic rings. The van der Waals surface area contributed by atoms with Gasteiger partial charge in [0, 0.05) is 6.54 Å². The molecule has 0 fully saturated rings. The fourth-order valence-electron chi connectivity index (χ4n) is 2.71. The molecule has 2 rings (SSSR count). The highest BCUT2D eigenvalue weighted by molar-refractivity contribution is 6.32. The summed E-state index contributed by atoms with van der Waals surface area (Å²) in [4.78, 5) is 2.44. The first-order valence-electron chi connectivity index (χ1n) is 9.11. The zero-order chi connectivity index (χ0) is 17.9. The lowest BCUT2D eigenvalue weighted by atomic mass is 10.2. The average Bonchev–Trinajstić information content (AvgIpc) is 2.65. The molecule has 0 aromatic heterocycles. The summed E-state index contributed by atoms with van der Waals surface area (Å²) in [5, 5.41) is 4.15. The van der Waals surface area contributed by atoms with Crippen LogP contribution in [0.25, 0.3) is 0 Å². The number of benzene rings is 2. The van der Waals surface area contributed by atoms with E-state index in [0.717, 1.165) is 50.5 Å². The van der Waals surface area contributed by atoms with Crippen LogP contribution >= 0.6 is 11.6 Å². The summed E-state index contributed by atoms with van der Waals surface area (Å²) in [6, 6.07) is 16.1. The standard InChI is InChI=1S/C21H29ClN2O/c1-3-24(4-2)14-8-13-23-16-19-11-12-21(20(22)15-19)25-17-18-9-6-5-7-10-18/h5-7,9-12,15,23H,3-4,8,13-14,16-17H2,1-2H3. The second-order valence-electron chi connectivity index (χ2n) is 6.10. The Morgan fingerprint density at radius 3 is 2.44 bits per heavy atom. The van der Waals surface area contributed by atoms with Crippen LogP contribution in [-0.4, -0.2) is 31.1 Å². The lowest BCUT2D eigenvalue weighted by molar-refractivity contribution is 0.298. The largest absolute Gasteiger partial charge is 0.487 e. The van der Waals surface area contributed by atoms with Gasteiger partial charge in [-0.3, -0.25) is 0 Å². The molecule has 2 aromatic rings. The maximum Gasteiger partial charge on any atom is 0.138 e. The van der Waals surface area contributed by atoms with E-state index in [-0.39, 0.29) is 0 Å². The van der Waals surface area contributed by atoms with Crippen molar-refractivity contribution in [2.24, 2.45) is 0 Å². The van der Waals surface area contributed by atoms with Crippen LogP contribution in [0.5, 0.6) is 5.75 Å². The van der Waals surface area contributed by atoms with Gasteiger partial charge in [-0.05, 0) is 55.9 Å². The second-order valence-corrected chi connectivity index (χ2v) is 6.50. The quantitative estimate of drug-likeness (QED) is 0.586. The highest BCUT2D eigenvalue weighted by atomic mass is 35.5. The van der Waals surface area contributed by atoms with E-state index in [9.17, 15) is 0 Å². The molecular weight excluding hydrogens is 332 g/mol. The molecule has 4 heteroatoms. The molecule has 0 aliphatic carbocycles. The number of hydrogen-bond acceptors (Lipinski definition) is 3. The molecule has 0 aliphatic heterocycles. The lowest BCUT2D eigenvalue weighted by Gasteiger charge is -2.17. The first-order valence-corrected chi connectivity index (χ1v) is 9.49. The number of nitrogens with one attached hydrogen (secondary N) is 1. The van der Waals surface area contributed by atoms with E-state index in [1.165, 1.54) is 5.56 Å². The van der Waals surface area contributed by atoms with Gasteiger partial charge in [0.15, 0.2) is 0 Å². The van der Waals surface area contributed by atoms with Gasteiger partial charge in [-0.2, -0.15) is 0 Å². The SMILES string of the molecule is CCN(CC)CCCNCc1ccc(OCc2ccccc2)c(Cl)c1. The maximum atomic E-state index is 6.36. The van der Waals surface area contributed by atoms with Crippen LogP contribution in [0.4, 0.5) is 0 Å². The van der Waals surface area contributed by atoms with Crippen molar-refractivity contribution < 1.29 is 4.74 Å². The van der Waals surface area contributed by atoms with Gasteiger partial charge in [0.25, 0.3) is 0 Å². The Bertz CT molecular complexity index is 615. The van der Waals surface area contributed by atoms with E-state index in [1.807, 2.05) is 42.5 Å². The summed E-state index contributed by atoms with van der Waals surface area (Å²) < 4.78 is 5.81. The van der Waals surface area contributed by atoms with Gasteiger partial charge in [-0.25, -0.2) is 0 Å². The minimum Gasteiger partial charge on any atom is -0.487 e. The number of ether oxygens (including phenoxy) is 1. The van der Waals surface area contributed by atoms with E-state index in [0.29, 0.717) is 11.6 Å². The first-order chi connectivity index (χ1) is 12.2. The summed E-state index contributed by atoms with van der Waals surface area (Å²) >= 11 is 6.36. The van der Waals surface area contributed by atoms with E-state index in [1.54, 1.807) is 0 Å². The average molecular weight is 361 g/mol. The van der Waals surface area contributed by atoms with Crippen LogP contribution in [-0.2, 0) is 13.2 Å². The van der Waals surface area contributed by atoms with E-state index in [4.69, 9.17) is 16.3 Å². The fourth-order valence-corrected chi connectivity index (χ4v) is 2.96. The van der Waals surface area contributed by atoms with Crippen molar-refractivity contribution in [2.45, 2.75) is 33.4 Å². The zero-order valence-corrected chi connectivity index (χ0v) is 16.1. The molecule has 0 saturated carbocycles. The van der Waals surface area contributed by atoms with Gasteiger partial charge in [0.05, 0.1) is 5.02 Å². The number of rotatable bonds is 11. The molecular formula is C21H29ClN2O. The molecule has 1 N–H and O–H groups in total. The summed E-state index contributed by atoms with van der Waals surface area (Å²) in [7, 11) is 0. The molecule has 0 spiro atoms. The Morgan fingerprint density at radius 2 is 1.76 bits per heavy atom. The summed E-state index contributed by atoms with van der Waals surface area (Å²) in [6.45, 7) is 10.2. The number of nitrogens with zero attached hydrogens (tertiary/aromatic N) is 1. The highest BCUT2D eigenvalue weighted by Gasteiger charge is 2.04. The van der Waals surface area contributed by atoms with Crippen molar-refractivity contribution in [1.29, 1.82) is 0 Å². The molecule has 0 amide bonds. The third-order valence-electron chi connectivity index (χ3n) is 4.28. The third kappa shape index (κ3) is 7.07. The van der Waals surface area contributed by atoms with Crippen LogP contribution in [0.3, 0.4) is 0 Å². The predicted molar refractivity (Wildman–Crippen MR) is 106 cm³/mol. The first kappa shape index (κ1) is 19.8. The molecule has 2 aromatic carbocycles. The predicted octanol–water partition coefficient (Wildman–Crippen LogP) is 4.74. The van der Waals surface area contributed by atoms with Gasteiger partial charge in [0.1, 0.15) is 12.4 Å². The van der Waals surface area contributed by atoms with Crippen LogP contribution in [0.15, 0.2) is 48.5 Å². The summed E-state index contributed by atoms with van der Waals surface area (Å²) in [5.74, 6) is 0.732. The topological polar surface area (TPSA) is 24.5 Å². The zero-order valence-electron chi connectivity index (χ0n) is 15.3. The Hall–Kier alpha value is -1.55. The van der Waals surface area contributed by atoms with Crippen LogP contribution < -0.4 is 10.1 Å². The molecule has 25 heavy (non-hydrogen) atoms. The van der Waals surface area contributed by atoms with Crippen LogP contribution in [0.2, 0.25) is 5.02 Å². The van der Waals surface area contributed by atoms with Gasteiger partial charge < -0.3 is 15.0 Å². The molecule has 0 atom stereocenters. The Balaban J connectivity index is 1.73. The summed E-state index contributed by atoms with van der Waals surface area (Å²) in [6.07, 6.45) is 1.16. The van der Waals surface area contributed by atoms with E-state index >= 15 is 0 Å². The molecule has 0 heterocycles.